The molecule has 0 spiro atoms. The molecule has 76 valence electrons. The van der Waals surface area contributed by atoms with Gasteiger partial charge in [-0.25, -0.2) is 8.78 Å². The maximum absolute atomic E-state index is 12.2. The van der Waals surface area contributed by atoms with Crippen LogP contribution in [0.2, 0.25) is 0 Å². The molecule has 14 heavy (non-hydrogen) atoms. The van der Waals surface area contributed by atoms with Crippen molar-refractivity contribution in [3.05, 3.63) is 27.7 Å². The van der Waals surface area contributed by atoms with Gasteiger partial charge < -0.3 is 10.1 Å². The van der Waals surface area contributed by atoms with Crippen LogP contribution in [0.25, 0.3) is 0 Å². The van der Waals surface area contributed by atoms with E-state index in [0.29, 0.717) is 6.07 Å². The van der Waals surface area contributed by atoms with E-state index < -0.39 is 34.2 Å². The molecule has 0 aliphatic heterocycles. The molecule has 1 aromatic rings. The predicted molar refractivity (Wildman–Crippen MR) is 43.9 cm³/mol. The Balaban J connectivity index is 3.48. The molecule has 4 nitrogen and oxygen atoms in total. The monoisotopic (exact) mass is 223 g/mol. The van der Waals surface area contributed by atoms with E-state index in [-0.39, 0.29) is 0 Å². The van der Waals surface area contributed by atoms with Crippen molar-refractivity contribution in [3.8, 4) is 5.75 Å². The summed E-state index contributed by atoms with van der Waals surface area (Å²) in [7, 11) is 0. The lowest BCUT2D eigenvalue weighted by molar-refractivity contribution is 0.107. The number of H-pyrrole nitrogens is 1. The Morgan fingerprint density at radius 1 is 1.57 bits per heavy atom. The van der Waals surface area contributed by atoms with E-state index in [1.165, 1.54) is 0 Å². The summed E-state index contributed by atoms with van der Waals surface area (Å²) < 4.78 is 24.3. The van der Waals surface area contributed by atoms with Crippen LogP contribution >= 0.6 is 11.6 Å². The zero-order valence-corrected chi connectivity index (χ0v) is 7.31. The third-order valence-electron chi connectivity index (χ3n) is 1.47. The van der Waals surface area contributed by atoms with Crippen molar-refractivity contribution >= 4 is 16.8 Å². The summed E-state index contributed by atoms with van der Waals surface area (Å²) in [6.45, 7) is 0. The van der Waals surface area contributed by atoms with Crippen LogP contribution in [0.3, 0.4) is 0 Å². The molecule has 0 unspecified atom stereocenters. The standard InChI is InChI=1S/C7H4ClF2NO3/c8-6(14)2-1-3(12)11-4(5(2)13)7(9)10/h1,7,13H,(H,11,12). The van der Waals surface area contributed by atoms with E-state index in [9.17, 15) is 18.4 Å². The van der Waals surface area contributed by atoms with E-state index in [2.05, 4.69) is 0 Å². The van der Waals surface area contributed by atoms with Gasteiger partial charge in [-0.3, -0.25) is 9.59 Å². The lowest BCUT2D eigenvalue weighted by atomic mass is 10.2. The predicted octanol–water partition coefficient (Wildman–Crippen LogP) is 1.40. The quantitative estimate of drug-likeness (QED) is 0.745. The zero-order valence-electron chi connectivity index (χ0n) is 6.55. The lowest BCUT2D eigenvalue weighted by Crippen LogP contribution is -2.11. The number of alkyl halides is 2. The van der Waals surface area contributed by atoms with Crippen molar-refractivity contribution in [3.63, 3.8) is 0 Å². The summed E-state index contributed by atoms with van der Waals surface area (Å²) in [5.74, 6) is -1.00. The van der Waals surface area contributed by atoms with Gasteiger partial charge in [-0.1, -0.05) is 0 Å². The van der Waals surface area contributed by atoms with Crippen LogP contribution in [0.5, 0.6) is 5.75 Å². The van der Waals surface area contributed by atoms with E-state index in [4.69, 9.17) is 16.7 Å². The molecule has 1 aromatic heterocycles. The summed E-state index contributed by atoms with van der Waals surface area (Å²) in [5.41, 5.74) is -2.57. The number of carbonyl (C=O) groups excluding carboxylic acids is 1. The second-order valence-electron chi connectivity index (χ2n) is 2.38. The fraction of sp³-hybridized carbons (Fsp3) is 0.143. The maximum Gasteiger partial charge on any atom is 0.282 e. The van der Waals surface area contributed by atoms with Gasteiger partial charge in [-0.15, -0.1) is 0 Å². The number of pyridine rings is 1. The number of halogens is 3. The third kappa shape index (κ3) is 1.90. The number of carbonyl (C=O) groups is 1. The zero-order chi connectivity index (χ0) is 10.9. The van der Waals surface area contributed by atoms with E-state index in [0.717, 1.165) is 0 Å². The Bertz CT molecular complexity index is 429. The third-order valence-corrected chi connectivity index (χ3v) is 1.68. The molecule has 7 heteroatoms. The van der Waals surface area contributed by atoms with Gasteiger partial charge in [0.2, 0.25) is 5.56 Å². The van der Waals surface area contributed by atoms with Crippen molar-refractivity contribution in [2.24, 2.45) is 0 Å². The van der Waals surface area contributed by atoms with Crippen LogP contribution in [0, 0.1) is 0 Å². The van der Waals surface area contributed by atoms with Crippen LogP contribution in [0.4, 0.5) is 8.78 Å². The number of nitrogens with one attached hydrogen (secondary N) is 1. The van der Waals surface area contributed by atoms with Crippen molar-refractivity contribution in [1.82, 2.24) is 4.98 Å². The fourth-order valence-electron chi connectivity index (χ4n) is 0.880. The normalized spacial score (nSPS) is 10.6. The number of hydrogen-bond acceptors (Lipinski definition) is 3. The van der Waals surface area contributed by atoms with Crippen molar-refractivity contribution < 1.29 is 18.7 Å². The van der Waals surface area contributed by atoms with Crippen LogP contribution in [-0.2, 0) is 0 Å². The highest BCUT2D eigenvalue weighted by atomic mass is 35.5. The van der Waals surface area contributed by atoms with Crippen LogP contribution in [0.15, 0.2) is 10.9 Å². The molecule has 0 saturated carbocycles. The fourth-order valence-corrected chi connectivity index (χ4v) is 1.02. The summed E-state index contributed by atoms with van der Waals surface area (Å²) >= 11 is 4.96. The van der Waals surface area contributed by atoms with Gasteiger partial charge in [0, 0.05) is 6.07 Å². The number of aromatic hydroxyl groups is 1. The number of rotatable bonds is 2. The van der Waals surface area contributed by atoms with Gasteiger partial charge in [0.15, 0.2) is 5.75 Å². The molecule has 1 rings (SSSR count). The Morgan fingerprint density at radius 2 is 2.14 bits per heavy atom. The minimum absolute atomic E-state index is 0.634. The molecule has 0 aromatic carbocycles. The van der Waals surface area contributed by atoms with Gasteiger partial charge in [-0.05, 0) is 11.6 Å². The number of aromatic amines is 1. The summed E-state index contributed by atoms with van der Waals surface area (Å²) in [6, 6.07) is 0.649. The minimum Gasteiger partial charge on any atom is -0.505 e. The summed E-state index contributed by atoms with van der Waals surface area (Å²) in [6.07, 6.45) is -3.08. The topological polar surface area (TPSA) is 70.2 Å². The largest absolute Gasteiger partial charge is 0.505 e. The molecule has 0 aliphatic rings. The maximum atomic E-state index is 12.2. The van der Waals surface area contributed by atoms with Crippen molar-refractivity contribution in [1.29, 1.82) is 0 Å². The Kier molecular flexibility index (Phi) is 2.85. The van der Waals surface area contributed by atoms with Crippen LogP contribution < -0.4 is 5.56 Å². The van der Waals surface area contributed by atoms with Crippen molar-refractivity contribution in [2.45, 2.75) is 6.43 Å². The van der Waals surface area contributed by atoms with Gasteiger partial charge in [0.25, 0.3) is 11.7 Å². The Labute approximate surface area is 81.1 Å². The second-order valence-corrected chi connectivity index (χ2v) is 2.73. The van der Waals surface area contributed by atoms with E-state index in [1.807, 2.05) is 0 Å². The highest BCUT2D eigenvalue weighted by molar-refractivity contribution is 6.68. The highest BCUT2D eigenvalue weighted by Gasteiger charge is 2.20. The van der Waals surface area contributed by atoms with Gasteiger partial charge in [-0.2, -0.15) is 0 Å². The number of hydrogen-bond donors (Lipinski definition) is 2. The van der Waals surface area contributed by atoms with Gasteiger partial charge in [0.05, 0.1) is 5.56 Å². The van der Waals surface area contributed by atoms with E-state index in [1.54, 1.807) is 4.98 Å². The Morgan fingerprint density at radius 3 is 2.57 bits per heavy atom. The molecule has 0 bridgehead atoms. The molecule has 0 amide bonds. The first-order valence-corrected chi connectivity index (χ1v) is 3.75. The molecule has 0 atom stereocenters. The molecule has 1 heterocycles. The lowest BCUT2D eigenvalue weighted by Gasteiger charge is -2.04. The molecule has 0 radical (unpaired) electrons. The molecule has 0 aliphatic carbocycles. The molecule has 0 fully saturated rings. The van der Waals surface area contributed by atoms with Gasteiger partial charge in [0.1, 0.15) is 5.69 Å². The van der Waals surface area contributed by atoms with Crippen LogP contribution in [0.1, 0.15) is 22.5 Å². The molecular formula is C7H4ClF2NO3. The minimum atomic E-state index is -3.08. The SMILES string of the molecule is O=C(Cl)c1cc(=O)[nH]c(C(F)F)c1O. The summed E-state index contributed by atoms with van der Waals surface area (Å²) in [4.78, 5) is 23.1. The van der Waals surface area contributed by atoms with Crippen molar-refractivity contribution in [2.75, 3.05) is 0 Å². The molecule has 0 saturated heterocycles. The Hall–Kier alpha value is -1.43. The van der Waals surface area contributed by atoms with Gasteiger partial charge >= 0.3 is 0 Å². The first-order chi connectivity index (χ1) is 6.43. The first kappa shape index (κ1) is 10.6. The smallest absolute Gasteiger partial charge is 0.282 e. The van der Waals surface area contributed by atoms with Crippen LogP contribution in [-0.4, -0.2) is 15.3 Å². The number of aromatic nitrogens is 1. The van der Waals surface area contributed by atoms with E-state index >= 15 is 0 Å². The first-order valence-electron chi connectivity index (χ1n) is 3.37. The highest BCUT2D eigenvalue weighted by Crippen LogP contribution is 2.28. The molecular weight excluding hydrogens is 220 g/mol. The second kappa shape index (κ2) is 3.75. The summed E-state index contributed by atoms with van der Waals surface area (Å²) in [5, 5.41) is 7.93. The average molecular weight is 224 g/mol. The average Bonchev–Trinajstić information content (AvgIpc) is 2.07. The molecule has 2 N–H and O–H groups in total.